The minimum atomic E-state index is -1.20. The highest BCUT2D eigenvalue weighted by molar-refractivity contribution is 8.06. The van der Waals surface area contributed by atoms with Gasteiger partial charge in [-0.05, 0) is 6.42 Å². The number of aliphatic carboxylic acids is 1. The Bertz CT molecular complexity index is 574. The molecule has 2 heterocycles. The quantitative estimate of drug-likeness (QED) is 0.449. The molecule has 5 N–H and O–H groups in total. The van der Waals surface area contributed by atoms with Gasteiger partial charge in [-0.15, -0.1) is 0 Å². The third kappa shape index (κ3) is 2.87. The first kappa shape index (κ1) is 16.5. The Morgan fingerprint density at radius 2 is 2.18 bits per heavy atom. The molecular formula is C13H17N3O5S. The normalized spacial score (nSPS) is 23.2. The van der Waals surface area contributed by atoms with Crippen molar-refractivity contribution >= 4 is 29.5 Å². The Labute approximate surface area is 131 Å². The van der Waals surface area contributed by atoms with Crippen LogP contribution in [0.3, 0.4) is 0 Å². The van der Waals surface area contributed by atoms with E-state index in [0.717, 1.165) is 11.8 Å². The minimum Gasteiger partial charge on any atom is -0.477 e. The molecule has 0 saturated carbocycles. The number of amides is 2. The number of β-lactam (4-membered cyclic amide) rings is 1. The van der Waals surface area contributed by atoms with E-state index in [2.05, 4.69) is 11.9 Å². The Hall–Kier alpha value is -1.84. The summed E-state index contributed by atoms with van der Waals surface area (Å²) in [5.41, 5.74) is 5.11. The zero-order valence-electron chi connectivity index (χ0n) is 11.7. The van der Waals surface area contributed by atoms with Crippen molar-refractivity contribution in [2.24, 2.45) is 11.7 Å². The molecule has 2 amide bonds. The van der Waals surface area contributed by atoms with Gasteiger partial charge in [-0.1, -0.05) is 18.3 Å². The summed E-state index contributed by atoms with van der Waals surface area (Å²) in [6, 6.07) is -0.244. The lowest BCUT2D eigenvalue weighted by molar-refractivity contribution is -0.155. The van der Waals surface area contributed by atoms with Gasteiger partial charge in [-0.3, -0.25) is 9.59 Å². The van der Waals surface area contributed by atoms with E-state index in [1.165, 1.54) is 4.90 Å². The van der Waals surface area contributed by atoms with Crippen LogP contribution >= 0.6 is 11.8 Å². The van der Waals surface area contributed by atoms with Crippen LogP contribution < -0.4 is 11.1 Å². The summed E-state index contributed by atoms with van der Waals surface area (Å²) in [6.45, 7) is 3.33. The molecule has 0 aliphatic carbocycles. The average Bonchev–Trinajstić information content (AvgIpc) is 2.79. The van der Waals surface area contributed by atoms with Crippen molar-refractivity contribution < 1.29 is 24.6 Å². The van der Waals surface area contributed by atoms with Crippen LogP contribution in [0.5, 0.6) is 0 Å². The van der Waals surface area contributed by atoms with E-state index in [1.54, 1.807) is 0 Å². The number of nitrogens with two attached hydrogens (primary N) is 1. The zero-order valence-corrected chi connectivity index (χ0v) is 12.6. The first-order chi connectivity index (χ1) is 10.4. The number of nitrogens with zero attached hydrogens (tertiary/aromatic N) is 1. The maximum Gasteiger partial charge on any atom is 0.353 e. The maximum atomic E-state index is 12.0. The van der Waals surface area contributed by atoms with Gasteiger partial charge in [-0.25, -0.2) is 4.79 Å². The number of carbonyl (C=O) groups excluding carboxylic acids is 2. The van der Waals surface area contributed by atoms with Gasteiger partial charge in [0.1, 0.15) is 5.70 Å². The Kier molecular flexibility index (Phi) is 4.89. The highest BCUT2D eigenvalue weighted by Gasteiger charge is 2.54. The van der Waals surface area contributed by atoms with Crippen LogP contribution in [-0.4, -0.2) is 52.1 Å². The fraction of sp³-hybridized carbons (Fsp3) is 0.462. The van der Waals surface area contributed by atoms with E-state index in [4.69, 9.17) is 10.8 Å². The second-order valence-corrected chi connectivity index (χ2v) is 6.14. The van der Waals surface area contributed by atoms with E-state index in [1.807, 2.05) is 0 Å². The molecule has 0 bridgehead atoms. The van der Waals surface area contributed by atoms with Crippen LogP contribution in [-0.2, 0) is 14.4 Å². The maximum absolute atomic E-state index is 12.0. The number of fused-ring (bicyclic) bond motifs is 1. The number of aliphatic hydroxyl groups is 1. The van der Waals surface area contributed by atoms with Crippen molar-refractivity contribution in [1.82, 2.24) is 10.2 Å². The van der Waals surface area contributed by atoms with E-state index < -0.39 is 11.9 Å². The van der Waals surface area contributed by atoms with E-state index >= 15 is 0 Å². The van der Waals surface area contributed by atoms with E-state index in [9.17, 15) is 19.5 Å². The smallest absolute Gasteiger partial charge is 0.353 e. The van der Waals surface area contributed by atoms with Crippen LogP contribution in [0.15, 0.2) is 22.2 Å². The van der Waals surface area contributed by atoms with Gasteiger partial charge in [-0.2, -0.15) is 0 Å². The molecule has 9 heteroatoms. The number of aliphatic hydroxyl groups excluding tert-OH is 1. The first-order valence-electron chi connectivity index (χ1n) is 6.67. The molecule has 120 valence electrons. The summed E-state index contributed by atoms with van der Waals surface area (Å²) in [4.78, 5) is 36.3. The molecule has 0 aromatic rings. The molecule has 2 aliphatic rings. The van der Waals surface area contributed by atoms with E-state index in [-0.39, 0.29) is 41.7 Å². The van der Waals surface area contributed by atoms with Crippen LogP contribution in [0.2, 0.25) is 0 Å². The predicted octanol–water partition coefficient (Wildman–Crippen LogP) is -0.825. The molecular weight excluding hydrogens is 310 g/mol. The number of carboxylic acid groups (broad SMARTS) is 1. The number of hydrogen-bond acceptors (Lipinski definition) is 6. The molecule has 0 aromatic carbocycles. The predicted molar refractivity (Wildman–Crippen MR) is 79.0 cm³/mol. The fourth-order valence-corrected chi connectivity index (χ4v) is 3.68. The molecule has 2 aliphatic heterocycles. The van der Waals surface area contributed by atoms with Crippen LogP contribution in [0.25, 0.3) is 0 Å². The fourth-order valence-electron chi connectivity index (χ4n) is 2.68. The van der Waals surface area contributed by atoms with Gasteiger partial charge < -0.3 is 26.2 Å². The lowest BCUT2D eigenvalue weighted by Gasteiger charge is -2.43. The average molecular weight is 327 g/mol. The molecule has 22 heavy (non-hydrogen) atoms. The second-order valence-electron chi connectivity index (χ2n) is 4.95. The number of nitrogens with one attached hydrogen (secondary N) is 1. The molecule has 8 nitrogen and oxygen atoms in total. The van der Waals surface area contributed by atoms with Crippen molar-refractivity contribution in [1.29, 1.82) is 0 Å². The van der Waals surface area contributed by atoms with Crippen molar-refractivity contribution in [2.45, 2.75) is 18.9 Å². The standard InChI is InChI=1S/C13H17N3O5S/c1-6(15-10(18)5-14)22-9-4-8-7(2-3-17)12(19)16(8)11(9)13(20)21/h7-8,17H,1-5,14H2,(H,15,18)(H,20,21). The summed E-state index contributed by atoms with van der Waals surface area (Å²) >= 11 is 1.02. The summed E-state index contributed by atoms with van der Waals surface area (Å²) in [7, 11) is 0. The molecule has 2 rings (SSSR count). The van der Waals surface area contributed by atoms with E-state index in [0.29, 0.717) is 17.7 Å². The van der Waals surface area contributed by atoms with Crippen LogP contribution in [0, 0.1) is 5.92 Å². The van der Waals surface area contributed by atoms with Crippen molar-refractivity contribution in [3.63, 3.8) is 0 Å². The molecule has 0 radical (unpaired) electrons. The number of rotatable bonds is 7. The van der Waals surface area contributed by atoms with Crippen molar-refractivity contribution in [3.8, 4) is 0 Å². The van der Waals surface area contributed by atoms with Crippen LogP contribution in [0.1, 0.15) is 12.8 Å². The Morgan fingerprint density at radius 3 is 2.73 bits per heavy atom. The molecule has 1 fully saturated rings. The lowest BCUT2D eigenvalue weighted by Crippen LogP contribution is -2.58. The molecule has 0 aromatic heterocycles. The third-order valence-electron chi connectivity index (χ3n) is 3.60. The molecule has 0 spiro atoms. The largest absolute Gasteiger partial charge is 0.477 e. The Morgan fingerprint density at radius 1 is 1.50 bits per heavy atom. The van der Waals surface area contributed by atoms with Crippen molar-refractivity contribution in [3.05, 3.63) is 22.2 Å². The van der Waals surface area contributed by atoms with Gasteiger partial charge in [0.2, 0.25) is 11.8 Å². The molecule has 2 unspecified atom stereocenters. The molecule has 1 saturated heterocycles. The topological polar surface area (TPSA) is 133 Å². The number of thioether (sulfide) groups is 1. The number of carbonyl (C=O) groups is 3. The second kappa shape index (κ2) is 6.51. The SMILES string of the molecule is C=C(NC(=O)CN)SC1=C(C(=O)O)N2C(=O)C(CCO)C2C1. The lowest BCUT2D eigenvalue weighted by atomic mass is 9.85. The van der Waals surface area contributed by atoms with Gasteiger partial charge in [0, 0.05) is 17.9 Å². The highest BCUT2D eigenvalue weighted by Crippen LogP contribution is 2.47. The third-order valence-corrected chi connectivity index (χ3v) is 4.56. The van der Waals surface area contributed by atoms with Gasteiger partial charge in [0.05, 0.1) is 23.5 Å². The summed E-state index contributed by atoms with van der Waals surface area (Å²) in [5, 5.41) is 21.0. The van der Waals surface area contributed by atoms with Gasteiger partial charge in [0.25, 0.3) is 0 Å². The monoisotopic (exact) mass is 327 g/mol. The summed E-state index contributed by atoms with van der Waals surface area (Å²) < 4.78 is 0. The van der Waals surface area contributed by atoms with Crippen LogP contribution in [0.4, 0.5) is 0 Å². The first-order valence-corrected chi connectivity index (χ1v) is 7.49. The Balaban J connectivity index is 2.13. The van der Waals surface area contributed by atoms with Gasteiger partial charge in [0.15, 0.2) is 0 Å². The zero-order chi connectivity index (χ0) is 16.4. The summed E-state index contributed by atoms with van der Waals surface area (Å²) in [5.74, 6) is -2.27. The minimum absolute atomic E-state index is 0.0719. The number of carboxylic acids is 1. The highest BCUT2D eigenvalue weighted by atomic mass is 32.2. The summed E-state index contributed by atoms with van der Waals surface area (Å²) in [6.07, 6.45) is 0.690. The van der Waals surface area contributed by atoms with Gasteiger partial charge >= 0.3 is 5.97 Å². The number of hydrogen-bond donors (Lipinski definition) is 4. The molecule has 2 atom stereocenters. The van der Waals surface area contributed by atoms with Crippen molar-refractivity contribution in [2.75, 3.05) is 13.2 Å².